The third kappa shape index (κ3) is 6.13. The Morgan fingerprint density at radius 3 is 2.04 bits per heavy atom. The summed E-state index contributed by atoms with van der Waals surface area (Å²) in [6.45, 7) is 4.56. The Morgan fingerprint density at radius 2 is 1.50 bits per heavy atom. The zero-order chi connectivity index (χ0) is 17.3. The first kappa shape index (κ1) is 20.4. The van der Waals surface area contributed by atoms with Gasteiger partial charge in [-0.05, 0) is 11.1 Å². The number of nitrogens with zero attached hydrogens (tertiary/aromatic N) is 1. The van der Waals surface area contributed by atoms with Crippen LogP contribution >= 0.6 is 12.4 Å². The molecule has 140 valence electrons. The van der Waals surface area contributed by atoms with E-state index in [0.717, 1.165) is 44.0 Å². The average Bonchev–Trinajstić information content (AvgIpc) is 2.68. The van der Waals surface area contributed by atoms with Gasteiger partial charge in [-0.3, -0.25) is 9.69 Å². The fourth-order valence-electron chi connectivity index (χ4n) is 3.14. The van der Waals surface area contributed by atoms with Crippen LogP contribution in [0.5, 0.6) is 0 Å². The van der Waals surface area contributed by atoms with E-state index in [1.165, 1.54) is 0 Å². The zero-order valence-electron chi connectivity index (χ0n) is 14.9. The first-order chi connectivity index (χ1) is 12.3. The predicted molar refractivity (Wildman–Crippen MR) is 105 cm³/mol. The molecule has 0 radical (unpaired) electrons. The van der Waals surface area contributed by atoms with Gasteiger partial charge in [-0.2, -0.15) is 0 Å². The van der Waals surface area contributed by atoms with Crippen LogP contribution in [0.2, 0.25) is 0 Å². The van der Waals surface area contributed by atoms with Gasteiger partial charge in [0.15, 0.2) is 0 Å². The Labute approximate surface area is 161 Å². The van der Waals surface area contributed by atoms with Crippen molar-refractivity contribution >= 4 is 18.4 Å². The Bertz CT molecular complexity index is 605. The van der Waals surface area contributed by atoms with Gasteiger partial charge in [0.05, 0.1) is 19.6 Å². The highest BCUT2D eigenvalue weighted by Crippen LogP contribution is 2.28. The van der Waals surface area contributed by atoms with E-state index in [2.05, 4.69) is 29.2 Å². The van der Waals surface area contributed by atoms with Crippen LogP contribution < -0.4 is 0 Å². The summed E-state index contributed by atoms with van der Waals surface area (Å²) >= 11 is 0. The van der Waals surface area contributed by atoms with Crippen LogP contribution in [0, 0.1) is 0 Å². The zero-order valence-corrected chi connectivity index (χ0v) is 15.7. The molecule has 2 aromatic carbocycles. The number of hydrogen-bond acceptors (Lipinski definition) is 4. The van der Waals surface area contributed by atoms with E-state index in [-0.39, 0.29) is 24.3 Å². The largest absolute Gasteiger partial charge is 0.464 e. The molecule has 3 rings (SSSR count). The van der Waals surface area contributed by atoms with Crippen molar-refractivity contribution in [2.75, 3.05) is 39.5 Å². The molecule has 1 aliphatic rings. The molecule has 0 aliphatic carbocycles. The minimum Gasteiger partial charge on any atom is -0.464 e. The summed E-state index contributed by atoms with van der Waals surface area (Å²) in [5.74, 6) is -0.121. The van der Waals surface area contributed by atoms with Crippen molar-refractivity contribution in [3.63, 3.8) is 0 Å². The molecule has 1 heterocycles. The average molecular weight is 376 g/mol. The van der Waals surface area contributed by atoms with Crippen LogP contribution in [0.4, 0.5) is 0 Å². The molecule has 0 aromatic heterocycles. The van der Waals surface area contributed by atoms with Crippen molar-refractivity contribution in [2.45, 2.75) is 12.3 Å². The van der Waals surface area contributed by atoms with Gasteiger partial charge >= 0.3 is 5.97 Å². The van der Waals surface area contributed by atoms with Crippen LogP contribution in [0.25, 0.3) is 0 Å². The smallest absolute Gasteiger partial charge is 0.306 e. The molecule has 1 fully saturated rings. The van der Waals surface area contributed by atoms with Gasteiger partial charge in [0, 0.05) is 25.6 Å². The predicted octanol–water partition coefficient (Wildman–Crippen LogP) is 3.51. The summed E-state index contributed by atoms with van der Waals surface area (Å²) in [6, 6.07) is 20.3. The monoisotopic (exact) mass is 375 g/mol. The normalized spacial score (nSPS) is 14.7. The van der Waals surface area contributed by atoms with Crippen LogP contribution in [0.15, 0.2) is 60.7 Å². The molecule has 0 saturated carbocycles. The van der Waals surface area contributed by atoms with E-state index >= 15 is 0 Å². The summed E-state index contributed by atoms with van der Waals surface area (Å²) in [4.78, 5) is 14.6. The van der Waals surface area contributed by atoms with Crippen LogP contribution in [-0.2, 0) is 14.3 Å². The topological polar surface area (TPSA) is 38.8 Å². The minimum atomic E-state index is -0.147. The molecular weight excluding hydrogens is 350 g/mol. The molecule has 0 spiro atoms. The van der Waals surface area contributed by atoms with E-state index in [0.29, 0.717) is 13.0 Å². The van der Waals surface area contributed by atoms with E-state index in [9.17, 15) is 4.79 Å². The van der Waals surface area contributed by atoms with Crippen LogP contribution in [-0.4, -0.2) is 50.3 Å². The number of hydrogen-bond donors (Lipinski definition) is 0. The molecule has 0 unspecified atom stereocenters. The Balaban J connectivity index is 0.00000243. The molecule has 5 heteroatoms. The van der Waals surface area contributed by atoms with Gasteiger partial charge in [-0.1, -0.05) is 60.7 Å². The molecule has 0 atom stereocenters. The molecule has 1 saturated heterocycles. The van der Waals surface area contributed by atoms with Crippen molar-refractivity contribution in [1.82, 2.24) is 4.90 Å². The standard InChI is InChI=1S/C21H25NO3.ClH/c23-21(25-16-13-22-11-14-24-15-12-22)17-20(18-7-3-1-4-8-18)19-9-5-2-6-10-19;/h1-10,20H,11-17H2;1H. The number of carbonyl (C=O) groups is 1. The second-order valence-corrected chi connectivity index (χ2v) is 6.25. The van der Waals surface area contributed by atoms with Gasteiger partial charge in [-0.15, -0.1) is 12.4 Å². The number of ether oxygens (including phenoxy) is 2. The maximum absolute atomic E-state index is 12.4. The van der Waals surface area contributed by atoms with Gasteiger partial charge in [0.25, 0.3) is 0 Å². The fraction of sp³-hybridized carbons (Fsp3) is 0.381. The number of halogens is 1. The number of morpholine rings is 1. The third-order valence-corrected chi connectivity index (χ3v) is 4.55. The van der Waals surface area contributed by atoms with Crippen molar-refractivity contribution < 1.29 is 14.3 Å². The number of esters is 1. The Kier molecular flexibility index (Phi) is 8.62. The van der Waals surface area contributed by atoms with Crippen LogP contribution in [0.3, 0.4) is 0 Å². The maximum Gasteiger partial charge on any atom is 0.306 e. The summed E-state index contributed by atoms with van der Waals surface area (Å²) < 4.78 is 10.8. The third-order valence-electron chi connectivity index (χ3n) is 4.55. The molecule has 0 bridgehead atoms. The first-order valence-corrected chi connectivity index (χ1v) is 8.88. The Hall–Kier alpha value is -1.88. The van der Waals surface area contributed by atoms with Gasteiger partial charge in [0.2, 0.25) is 0 Å². The minimum absolute atomic E-state index is 0. The SMILES string of the molecule is Cl.O=C(CC(c1ccccc1)c1ccccc1)OCCN1CCOCC1. The summed E-state index contributed by atoms with van der Waals surface area (Å²) in [5, 5.41) is 0. The lowest BCUT2D eigenvalue weighted by Gasteiger charge is -2.26. The maximum atomic E-state index is 12.4. The van der Waals surface area contributed by atoms with Gasteiger partial charge in [0.1, 0.15) is 6.61 Å². The molecule has 2 aromatic rings. The molecule has 0 amide bonds. The van der Waals surface area contributed by atoms with E-state index < -0.39 is 0 Å². The van der Waals surface area contributed by atoms with Crippen molar-refractivity contribution in [1.29, 1.82) is 0 Å². The molecule has 26 heavy (non-hydrogen) atoms. The fourth-order valence-corrected chi connectivity index (χ4v) is 3.14. The molecule has 1 aliphatic heterocycles. The highest BCUT2D eigenvalue weighted by molar-refractivity contribution is 5.85. The summed E-state index contributed by atoms with van der Waals surface area (Å²) in [6.07, 6.45) is 0.358. The van der Waals surface area contributed by atoms with Crippen molar-refractivity contribution in [3.05, 3.63) is 71.8 Å². The van der Waals surface area contributed by atoms with E-state index in [1.807, 2.05) is 36.4 Å². The Morgan fingerprint density at radius 1 is 0.962 bits per heavy atom. The molecule has 0 N–H and O–H groups in total. The lowest BCUT2D eigenvalue weighted by atomic mass is 9.89. The van der Waals surface area contributed by atoms with E-state index in [1.54, 1.807) is 0 Å². The van der Waals surface area contributed by atoms with Crippen molar-refractivity contribution in [2.24, 2.45) is 0 Å². The number of rotatable bonds is 7. The highest BCUT2D eigenvalue weighted by Gasteiger charge is 2.19. The van der Waals surface area contributed by atoms with Crippen molar-refractivity contribution in [3.8, 4) is 0 Å². The number of carbonyl (C=O) groups excluding carboxylic acids is 1. The van der Waals surface area contributed by atoms with Crippen LogP contribution in [0.1, 0.15) is 23.5 Å². The highest BCUT2D eigenvalue weighted by atomic mass is 35.5. The summed E-state index contributed by atoms with van der Waals surface area (Å²) in [5.41, 5.74) is 2.28. The van der Waals surface area contributed by atoms with E-state index in [4.69, 9.17) is 9.47 Å². The lowest BCUT2D eigenvalue weighted by molar-refractivity contribution is -0.144. The second kappa shape index (κ2) is 11.0. The van der Waals surface area contributed by atoms with Gasteiger partial charge in [-0.25, -0.2) is 0 Å². The summed E-state index contributed by atoms with van der Waals surface area (Å²) in [7, 11) is 0. The molecule has 4 nitrogen and oxygen atoms in total. The molecular formula is C21H26ClNO3. The van der Waals surface area contributed by atoms with Gasteiger partial charge < -0.3 is 9.47 Å². The first-order valence-electron chi connectivity index (χ1n) is 8.88. The lowest BCUT2D eigenvalue weighted by Crippen LogP contribution is -2.38. The quantitative estimate of drug-likeness (QED) is 0.694. The number of benzene rings is 2. The second-order valence-electron chi connectivity index (χ2n) is 6.25.